The van der Waals surface area contributed by atoms with Crippen LogP contribution in [0.2, 0.25) is 0 Å². The van der Waals surface area contributed by atoms with Gasteiger partial charge < -0.3 is 18.9 Å². The van der Waals surface area contributed by atoms with Crippen LogP contribution in [0.1, 0.15) is 72.2 Å². The highest BCUT2D eigenvalue weighted by atomic mass is 16.7. The Morgan fingerprint density at radius 1 is 1.21 bits per heavy atom. The number of carbonyl (C=O) groups is 1. The number of rotatable bonds is 2. The predicted molar refractivity (Wildman–Crippen MR) is 110 cm³/mol. The Balaban J connectivity index is 1.75. The van der Waals surface area contributed by atoms with E-state index in [1.54, 1.807) is 4.90 Å². The molecule has 0 bridgehead atoms. The van der Waals surface area contributed by atoms with Crippen molar-refractivity contribution in [1.82, 2.24) is 9.88 Å². The largest absolute Gasteiger partial charge is 0.494 e. The number of aryl methyl sites for hydroxylation is 1. The Morgan fingerprint density at radius 3 is 2.39 bits per heavy atom. The molecule has 2 aliphatic rings. The van der Waals surface area contributed by atoms with Gasteiger partial charge in [0.15, 0.2) is 0 Å². The molecule has 2 saturated heterocycles. The summed E-state index contributed by atoms with van der Waals surface area (Å²) in [6.07, 6.45) is 0.618. The Morgan fingerprint density at radius 2 is 1.82 bits per heavy atom. The van der Waals surface area contributed by atoms with Gasteiger partial charge in [0, 0.05) is 30.4 Å². The number of carbonyl (C=O) groups excluding carboxylic acids is 1. The summed E-state index contributed by atoms with van der Waals surface area (Å²) in [4.78, 5) is 18.9. The van der Waals surface area contributed by atoms with Gasteiger partial charge in [0.25, 0.3) is 0 Å². The number of pyridine rings is 1. The molecule has 1 unspecified atom stereocenters. The van der Waals surface area contributed by atoms with Gasteiger partial charge in [0.05, 0.1) is 11.2 Å². The average molecular weight is 388 g/mol. The molecule has 3 heterocycles. The Bertz CT molecular complexity index is 741. The third kappa shape index (κ3) is 4.36. The minimum Gasteiger partial charge on any atom is -0.444 e. The van der Waals surface area contributed by atoms with Gasteiger partial charge in [-0.2, -0.15) is 0 Å². The van der Waals surface area contributed by atoms with E-state index in [2.05, 4.69) is 33.8 Å². The number of aromatic nitrogens is 1. The van der Waals surface area contributed by atoms with Crippen LogP contribution in [0.15, 0.2) is 12.1 Å². The summed E-state index contributed by atoms with van der Waals surface area (Å²) in [5.41, 5.74) is 1.65. The van der Waals surface area contributed by atoms with Gasteiger partial charge in [-0.3, -0.25) is 4.98 Å². The maximum atomic E-state index is 12.4. The fraction of sp³-hybridized carbons (Fsp3) is 0.714. The molecule has 7 heteroatoms. The fourth-order valence-electron chi connectivity index (χ4n) is 3.54. The molecule has 0 spiro atoms. The van der Waals surface area contributed by atoms with Gasteiger partial charge in [-0.1, -0.05) is 0 Å². The molecule has 0 N–H and O–H groups in total. The van der Waals surface area contributed by atoms with Crippen molar-refractivity contribution in [3.63, 3.8) is 0 Å². The second-order valence-electron chi connectivity index (χ2n) is 9.97. The Hall–Kier alpha value is -1.60. The van der Waals surface area contributed by atoms with Crippen molar-refractivity contribution in [2.45, 2.75) is 84.5 Å². The molecule has 2 aliphatic heterocycles. The molecule has 3 rings (SSSR count). The van der Waals surface area contributed by atoms with Crippen LogP contribution in [0.4, 0.5) is 4.79 Å². The Labute approximate surface area is 169 Å². The standard InChI is InChI=1S/C21H33BN2O4/c1-14-11-16(22-27-20(5,6)21(7,8)28-22)12-17(23-14)15-9-10-24(13-15)18(25)26-19(2,3)4/h11-12,15H,9-10,13H2,1-8H3. The molecule has 1 aromatic rings. The van der Waals surface area contributed by atoms with Crippen molar-refractivity contribution >= 4 is 18.7 Å². The van der Waals surface area contributed by atoms with E-state index in [-0.39, 0.29) is 23.2 Å². The van der Waals surface area contributed by atoms with E-state index in [1.807, 2.05) is 33.8 Å². The summed E-state index contributed by atoms with van der Waals surface area (Å²) in [6, 6.07) is 4.09. The van der Waals surface area contributed by atoms with E-state index < -0.39 is 12.7 Å². The second-order valence-corrected chi connectivity index (χ2v) is 9.97. The molecule has 6 nitrogen and oxygen atoms in total. The topological polar surface area (TPSA) is 60.9 Å². The highest BCUT2D eigenvalue weighted by molar-refractivity contribution is 6.62. The van der Waals surface area contributed by atoms with E-state index >= 15 is 0 Å². The quantitative estimate of drug-likeness (QED) is 0.727. The smallest absolute Gasteiger partial charge is 0.444 e. The van der Waals surface area contributed by atoms with E-state index in [0.29, 0.717) is 13.1 Å². The first-order valence-electron chi connectivity index (χ1n) is 10.1. The SMILES string of the molecule is Cc1cc(B2OC(C)(C)C(C)(C)O2)cc(C2CCN(C(=O)OC(C)(C)C)C2)n1. The number of ether oxygens (including phenoxy) is 1. The van der Waals surface area contributed by atoms with Crippen molar-refractivity contribution < 1.29 is 18.8 Å². The third-order valence-electron chi connectivity index (χ3n) is 5.78. The molecule has 28 heavy (non-hydrogen) atoms. The molecule has 2 fully saturated rings. The number of hydrogen-bond acceptors (Lipinski definition) is 5. The lowest BCUT2D eigenvalue weighted by molar-refractivity contribution is 0.00578. The minimum absolute atomic E-state index is 0.189. The van der Waals surface area contributed by atoms with Crippen molar-refractivity contribution in [1.29, 1.82) is 0 Å². The van der Waals surface area contributed by atoms with Crippen molar-refractivity contribution in [3.8, 4) is 0 Å². The van der Waals surface area contributed by atoms with Gasteiger partial charge >= 0.3 is 13.2 Å². The minimum atomic E-state index is -0.485. The van der Waals surface area contributed by atoms with Crippen LogP contribution in [0.5, 0.6) is 0 Å². The maximum Gasteiger partial charge on any atom is 0.494 e. The number of likely N-dealkylation sites (tertiary alicyclic amines) is 1. The monoisotopic (exact) mass is 388 g/mol. The van der Waals surface area contributed by atoms with E-state index in [0.717, 1.165) is 23.3 Å². The molecule has 154 valence electrons. The summed E-state index contributed by atoms with van der Waals surface area (Å²) in [5, 5.41) is 0. The zero-order valence-electron chi connectivity index (χ0n) is 18.5. The Kier molecular flexibility index (Phi) is 5.30. The molecule has 1 aromatic heterocycles. The average Bonchev–Trinajstić information content (AvgIpc) is 3.08. The van der Waals surface area contributed by atoms with Crippen molar-refractivity contribution in [3.05, 3.63) is 23.5 Å². The molecular formula is C21H33BN2O4. The van der Waals surface area contributed by atoms with Crippen molar-refractivity contribution in [2.75, 3.05) is 13.1 Å². The first-order chi connectivity index (χ1) is 12.8. The molecule has 0 aromatic carbocycles. The van der Waals surface area contributed by atoms with Crippen LogP contribution in [0.25, 0.3) is 0 Å². The van der Waals surface area contributed by atoms with Gasteiger partial charge in [-0.05, 0) is 79.4 Å². The number of nitrogens with zero attached hydrogens (tertiary/aromatic N) is 2. The summed E-state index contributed by atoms with van der Waals surface area (Å²) in [5.74, 6) is 0.189. The van der Waals surface area contributed by atoms with Gasteiger partial charge in [0.2, 0.25) is 0 Å². The van der Waals surface area contributed by atoms with Crippen molar-refractivity contribution in [2.24, 2.45) is 0 Å². The second kappa shape index (κ2) is 7.03. The zero-order valence-corrected chi connectivity index (χ0v) is 18.5. The zero-order chi connectivity index (χ0) is 20.9. The normalized spacial score (nSPS) is 23.9. The fourth-order valence-corrected chi connectivity index (χ4v) is 3.54. The van der Waals surface area contributed by atoms with E-state index in [1.165, 1.54) is 0 Å². The van der Waals surface area contributed by atoms with E-state index in [4.69, 9.17) is 19.0 Å². The van der Waals surface area contributed by atoms with E-state index in [9.17, 15) is 4.79 Å². The van der Waals surface area contributed by atoms with Gasteiger partial charge in [-0.15, -0.1) is 0 Å². The third-order valence-corrected chi connectivity index (χ3v) is 5.78. The van der Waals surface area contributed by atoms with Crippen LogP contribution < -0.4 is 5.46 Å². The number of amides is 1. The van der Waals surface area contributed by atoms with Crippen LogP contribution in [-0.4, -0.2) is 53.0 Å². The lowest BCUT2D eigenvalue weighted by Crippen LogP contribution is -2.41. The highest BCUT2D eigenvalue weighted by Crippen LogP contribution is 2.37. The van der Waals surface area contributed by atoms with Crippen LogP contribution in [0.3, 0.4) is 0 Å². The highest BCUT2D eigenvalue weighted by Gasteiger charge is 2.52. The molecule has 0 aliphatic carbocycles. The molecule has 0 saturated carbocycles. The van der Waals surface area contributed by atoms with Crippen LogP contribution in [-0.2, 0) is 14.0 Å². The molecule has 1 atom stereocenters. The lowest BCUT2D eigenvalue weighted by Gasteiger charge is -2.32. The summed E-state index contributed by atoms with van der Waals surface area (Å²) >= 11 is 0. The first kappa shape index (κ1) is 21.1. The van der Waals surface area contributed by atoms with Gasteiger partial charge in [0.1, 0.15) is 5.60 Å². The first-order valence-corrected chi connectivity index (χ1v) is 10.1. The number of hydrogen-bond donors (Lipinski definition) is 0. The molecular weight excluding hydrogens is 355 g/mol. The van der Waals surface area contributed by atoms with Gasteiger partial charge in [-0.25, -0.2) is 4.79 Å². The van der Waals surface area contributed by atoms with Crippen LogP contribution in [0, 0.1) is 6.92 Å². The summed E-state index contributed by atoms with van der Waals surface area (Å²) in [7, 11) is -0.409. The molecule has 0 radical (unpaired) electrons. The maximum absolute atomic E-state index is 12.4. The summed E-state index contributed by atoms with van der Waals surface area (Å²) < 4.78 is 17.9. The lowest BCUT2D eigenvalue weighted by atomic mass is 9.78. The van der Waals surface area contributed by atoms with Crippen LogP contribution >= 0.6 is 0 Å². The molecule has 1 amide bonds. The summed E-state index contributed by atoms with van der Waals surface area (Å²) in [6.45, 7) is 17.2. The predicted octanol–water partition coefficient (Wildman–Crippen LogP) is 3.41.